The highest BCUT2D eigenvalue weighted by atomic mass is 16.1. The van der Waals surface area contributed by atoms with E-state index in [1.807, 2.05) is 0 Å². The highest BCUT2D eigenvalue weighted by Gasteiger charge is 2.16. The Hall–Kier alpha value is -2.55. The van der Waals surface area contributed by atoms with E-state index in [1.165, 1.54) is 18.3 Å². The molecule has 1 amide bonds. The highest BCUT2D eigenvalue weighted by molar-refractivity contribution is 6.04. The van der Waals surface area contributed by atoms with E-state index >= 15 is 0 Å². The van der Waals surface area contributed by atoms with Gasteiger partial charge in [-0.1, -0.05) is 0 Å². The molecular weight excluding hydrogens is 220 g/mol. The fourth-order valence-corrected chi connectivity index (χ4v) is 1.43. The van der Waals surface area contributed by atoms with Gasteiger partial charge in [0.05, 0.1) is 17.6 Å². The number of anilines is 1. The number of nitrogens with one attached hydrogen (secondary N) is 1. The second-order valence-electron chi connectivity index (χ2n) is 3.45. The number of allylic oxidation sites excluding steroid dienone is 1. The molecule has 17 heavy (non-hydrogen) atoms. The fourth-order valence-electron chi connectivity index (χ4n) is 1.43. The number of hydrogen-bond donors (Lipinski definition) is 1. The summed E-state index contributed by atoms with van der Waals surface area (Å²) >= 11 is 0. The third kappa shape index (κ3) is 2.52. The van der Waals surface area contributed by atoms with E-state index in [9.17, 15) is 9.59 Å². The lowest BCUT2D eigenvalue weighted by Gasteiger charge is -2.14. The second-order valence-corrected chi connectivity index (χ2v) is 3.45. The quantitative estimate of drug-likeness (QED) is 0.586. The molecule has 0 saturated carbocycles. The van der Waals surface area contributed by atoms with E-state index in [4.69, 9.17) is 5.26 Å². The van der Waals surface area contributed by atoms with Crippen LogP contribution in [-0.4, -0.2) is 21.7 Å². The van der Waals surface area contributed by atoms with Gasteiger partial charge < -0.3 is 5.32 Å². The summed E-state index contributed by atoms with van der Waals surface area (Å²) in [6, 6.07) is 1.47. The molecule has 0 bridgehead atoms. The number of ketones is 1. The minimum Gasteiger partial charge on any atom is -0.309 e. The van der Waals surface area contributed by atoms with Crippen LogP contribution in [0.4, 0.5) is 5.82 Å². The first-order chi connectivity index (χ1) is 8.19. The number of nitrogens with zero attached hydrogens (tertiary/aromatic N) is 3. The number of nitriles is 1. The van der Waals surface area contributed by atoms with Crippen molar-refractivity contribution >= 4 is 23.6 Å². The molecule has 1 aromatic rings. The van der Waals surface area contributed by atoms with Gasteiger partial charge in [-0.05, 0) is 12.2 Å². The van der Waals surface area contributed by atoms with Crippen molar-refractivity contribution in [1.82, 2.24) is 9.97 Å². The summed E-state index contributed by atoms with van der Waals surface area (Å²) < 4.78 is 0. The summed E-state index contributed by atoms with van der Waals surface area (Å²) in [6.07, 6.45) is 4.91. The van der Waals surface area contributed by atoms with Crippen LogP contribution >= 0.6 is 0 Å². The van der Waals surface area contributed by atoms with Gasteiger partial charge in [0.15, 0.2) is 5.82 Å². The van der Waals surface area contributed by atoms with E-state index in [0.29, 0.717) is 30.0 Å². The van der Waals surface area contributed by atoms with Crippen LogP contribution in [0.5, 0.6) is 0 Å². The van der Waals surface area contributed by atoms with Crippen molar-refractivity contribution in [3.63, 3.8) is 0 Å². The molecule has 0 spiro atoms. The molecule has 6 nitrogen and oxygen atoms in total. The molecule has 1 aliphatic rings. The number of carbonyl (C=O) groups is 2. The number of carbonyl (C=O) groups excluding carboxylic acids is 2. The van der Waals surface area contributed by atoms with Gasteiger partial charge in [0.25, 0.3) is 5.78 Å². The Bertz CT molecular complexity index is 557. The average Bonchev–Trinajstić information content (AvgIpc) is 2.35. The Balaban J connectivity index is 2.23. The van der Waals surface area contributed by atoms with Crippen LogP contribution in [0, 0.1) is 11.3 Å². The predicted molar refractivity (Wildman–Crippen MR) is 58.6 cm³/mol. The zero-order valence-electron chi connectivity index (χ0n) is 8.80. The Kier molecular flexibility index (Phi) is 2.92. The molecular formula is C11H8N4O2. The zero-order valence-corrected chi connectivity index (χ0v) is 8.80. The maximum absolute atomic E-state index is 11.1. The van der Waals surface area contributed by atoms with Crippen molar-refractivity contribution in [2.24, 2.45) is 0 Å². The average molecular weight is 228 g/mol. The molecule has 0 aromatic carbocycles. The third-order valence-corrected chi connectivity index (χ3v) is 2.23. The normalized spacial score (nSPS) is 13.9. The first-order valence-electron chi connectivity index (χ1n) is 4.97. The Morgan fingerprint density at radius 2 is 2.35 bits per heavy atom. The number of fused-ring (bicyclic) bond motifs is 1. The van der Waals surface area contributed by atoms with E-state index in [2.05, 4.69) is 15.3 Å². The van der Waals surface area contributed by atoms with E-state index in [-0.39, 0.29) is 5.91 Å². The zero-order chi connectivity index (χ0) is 12.3. The molecule has 2 heterocycles. The van der Waals surface area contributed by atoms with Crippen molar-refractivity contribution in [2.75, 3.05) is 5.32 Å². The predicted octanol–water partition coefficient (Wildman–Crippen LogP) is 0.467. The van der Waals surface area contributed by atoms with Gasteiger partial charge in [-0.3, -0.25) is 9.59 Å². The molecule has 0 atom stereocenters. The molecule has 0 aliphatic carbocycles. The number of rotatable bonds is 2. The third-order valence-electron chi connectivity index (χ3n) is 2.23. The Morgan fingerprint density at radius 3 is 3.12 bits per heavy atom. The molecule has 2 rings (SSSR count). The topological polar surface area (TPSA) is 95.7 Å². The summed E-state index contributed by atoms with van der Waals surface area (Å²) in [4.78, 5) is 30.1. The Labute approximate surface area is 97.0 Å². The van der Waals surface area contributed by atoms with Crippen molar-refractivity contribution < 1.29 is 9.59 Å². The number of aryl methyl sites for hydroxylation is 1. The van der Waals surface area contributed by atoms with Crippen LogP contribution in [0.15, 0.2) is 12.3 Å². The smallest absolute Gasteiger partial charge is 0.255 e. The summed E-state index contributed by atoms with van der Waals surface area (Å²) in [5, 5.41) is 10.9. The summed E-state index contributed by atoms with van der Waals surface area (Å²) in [5.41, 5.74) is 1.18. The first-order valence-corrected chi connectivity index (χ1v) is 4.97. The molecule has 1 N–H and O–H groups in total. The monoisotopic (exact) mass is 228 g/mol. The van der Waals surface area contributed by atoms with Gasteiger partial charge in [0.1, 0.15) is 6.07 Å². The number of aromatic nitrogens is 2. The van der Waals surface area contributed by atoms with Crippen molar-refractivity contribution in [3.05, 3.63) is 23.7 Å². The summed E-state index contributed by atoms with van der Waals surface area (Å²) in [5.74, 6) is -0.252. The molecule has 1 aliphatic heterocycles. The van der Waals surface area contributed by atoms with Gasteiger partial charge >= 0.3 is 0 Å². The molecule has 0 radical (unpaired) electrons. The lowest BCUT2D eigenvalue weighted by atomic mass is 10.1. The van der Waals surface area contributed by atoms with Crippen LogP contribution in [-0.2, 0) is 16.0 Å². The van der Waals surface area contributed by atoms with E-state index in [1.54, 1.807) is 0 Å². The van der Waals surface area contributed by atoms with Crippen LogP contribution in [0.1, 0.15) is 17.8 Å². The Morgan fingerprint density at radius 1 is 1.53 bits per heavy atom. The van der Waals surface area contributed by atoms with Crippen molar-refractivity contribution in [3.8, 4) is 6.07 Å². The van der Waals surface area contributed by atoms with Crippen LogP contribution in [0.2, 0.25) is 0 Å². The lowest BCUT2D eigenvalue weighted by Crippen LogP contribution is -2.21. The van der Waals surface area contributed by atoms with Crippen LogP contribution in [0.3, 0.4) is 0 Å². The molecule has 0 fully saturated rings. The van der Waals surface area contributed by atoms with E-state index < -0.39 is 5.78 Å². The van der Waals surface area contributed by atoms with Crippen molar-refractivity contribution in [1.29, 1.82) is 5.26 Å². The van der Waals surface area contributed by atoms with Gasteiger partial charge in [0.2, 0.25) is 5.91 Å². The van der Waals surface area contributed by atoms with Crippen molar-refractivity contribution in [2.45, 2.75) is 12.8 Å². The van der Waals surface area contributed by atoms with Gasteiger partial charge in [-0.15, -0.1) is 0 Å². The molecule has 6 heteroatoms. The summed E-state index contributed by atoms with van der Waals surface area (Å²) in [6.45, 7) is 0. The van der Waals surface area contributed by atoms with E-state index in [0.717, 1.165) is 6.08 Å². The molecule has 84 valence electrons. The minimum atomic E-state index is -0.641. The van der Waals surface area contributed by atoms with Gasteiger partial charge in [-0.2, -0.15) is 5.26 Å². The molecule has 0 unspecified atom stereocenters. The maximum Gasteiger partial charge on any atom is 0.255 e. The fraction of sp³-hybridized carbons (Fsp3) is 0.182. The summed E-state index contributed by atoms with van der Waals surface area (Å²) in [7, 11) is 0. The first kappa shape index (κ1) is 11.0. The largest absolute Gasteiger partial charge is 0.309 e. The number of hydrogen-bond acceptors (Lipinski definition) is 5. The van der Waals surface area contributed by atoms with Gasteiger partial charge in [0, 0.05) is 12.8 Å². The minimum absolute atomic E-state index is 0.0743. The molecule has 1 aromatic heterocycles. The van der Waals surface area contributed by atoms with Gasteiger partial charge in [-0.25, -0.2) is 9.97 Å². The standard InChI is InChI=1S/C11H8N4O2/c12-5-8(16)2-1-7-6-13-11-9(14-7)3-4-10(17)15-11/h1-2,6H,3-4H2,(H,13,15,17)/b2-1+. The molecule has 0 saturated heterocycles. The second kappa shape index (κ2) is 4.53. The SMILES string of the molecule is N#CC(=O)/C=C/c1cnc2c(n1)CCC(=O)N2. The maximum atomic E-state index is 11.1. The van der Waals surface area contributed by atoms with Crippen LogP contribution < -0.4 is 5.32 Å². The lowest BCUT2D eigenvalue weighted by molar-refractivity contribution is -0.116. The highest BCUT2D eigenvalue weighted by Crippen LogP contribution is 2.17. The number of amides is 1. The van der Waals surface area contributed by atoms with Crippen LogP contribution in [0.25, 0.3) is 6.08 Å².